The van der Waals surface area contributed by atoms with Gasteiger partial charge in [0.2, 0.25) is 5.91 Å². The molecule has 1 fully saturated rings. The van der Waals surface area contributed by atoms with Crippen molar-refractivity contribution in [2.75, 3.05) is 7.11 Å². The number of carbonyl (C=O) groups excluding carboxylic acids is 1. The molecule has 100 valence electrons. The third-order valence-corrected chi connectivity index (χ3v) is 4.28. The van der Waals surface area contributed by atoms with Crippen molar-refractivity contribution in [2.24, 2.45) is 11.1 Å². The summed E-state index contributed by atoms with van der Waals surface area (Å²) in [6, 6.07) is 7.65. The van der Waals surface area contributed by atoms with Crippen LogP contribution in [-0.4, -0.2) is 13.0 Å². The maximum absolute atomic E-state index is 11.6. The summed E-state index contributed by atoms with van der Waals surface area (Å²) in [7, 11) is 1.64. The van der Waals surface area contributed by atoms with E-state index in [0.717, 1.165) is 35.3 Å². The van der Waals surface area contributed by atoms with Crippen LogP contribution in [0.4, 0.5) is 0 Å². The maximum atomic E-state index is 11.6. The van der Waals surface area contributed by atoms with Gasteiger partial charge in [0.25, 0.3) is 0 Å². The minimum Gasteiger partial charge on any atom is -0.497 e. The summed E-state index contributed by atoms with van der Waals surface area (Å²) < 4.78 is 11.0. The summed E-state index contributed by atoms with van der Waals surface area (Å²) in [5, 5.41) is 0.987. The number of rotatable bonds is 4. The minimum atomic E-state index is -0.405. The first kappa shape index (κ1) is 12.1. The van der Waals surface area contributed by atoms with E-state index in [4.69, 9.17) is 14.9 Å². The molecule has 4 nitrogen and oxygen atoms in total. The van der Waals surface area contributed by atoms with Gasteiger partial charge in [-0.05, 0) is 37.1 Å². The Morgan fingerprint density at radius 2 is 2.16 bits per heavy atom. The summed E-state index contributed by atoms with van der Waals surface area (Å²) in [5.41, 5.74) is 5.91. The van der Waals surface area contributed by atoms with E-state index in [1.165, 1.54) is 0 Å². The number of hydrogen-bond donors (Lipinski definition) is 1. The van der Waals surface area contributed by atoms with Gasteiger partial charge < -0.3 is 14.9 Å². The minimum absolute atomic E-state index is 0.0170. The quantitative estimate of drug-likeness (QED) is 0.918. The molecule has 0 radical (unpaired) electrons. The number of fused-ring (bicyclic) bond motifs is 1. The van der Waals surface area contributed by atoms with E-state index in [-0.39, 0.29) is 11.8 Å². The highest BCUT2D eigenvalue weighted by atomic mass is 16.5. The van der Waals surface area contributed by atoms with Crippen molar-refractivity contribution in [3.05, 3.63) is 30.0 Å². The Labute approximate surface area is 111 Å². The summed E-state index contributed by atoms with van der Waals surface area (Å²) in [4.78, 5) is 11.6. The van der Waals surface area contributed by atoms with E-state index in [0.29, 0.717) is 0 Å². The second-order valence-corrected chi connectivity index (χ2v) is 5.29. The van der Waals surface area contributed by atoms with Gasteiger partial charge >= 0.3 is 0 Å². The zero-order valence-corrected chi connectivity index (χ0v) is 11.1. The monoisotopic (exact) mass is 259 g/mol. The molecule has 1 amide bonds. The molecule has 1 saturated carbocycles. The molecule has 1 aromatic carbocycles. The second-order valence-electron chi connectivity index (χ2n) is 5.29. The Hall–Kier alpha value is -1.97. The van der Waals surface area contributed by atoms with E-state index in [9.17, 15) is 4.79 Å². The molecule has 3 rings (SSSR count). The number of nitrogens with two attached hydrogens (primary N) is 1. The molecule has 1 aliphatic rings. The van der Waals surface area contributed by atoms with Crippen LogP contribution in [0, 0.1) is 5.41 Å². The number of methoxy groups -OCH3 is 1. The van der Waals surface area contributed by atoms with Crippen molar-refractivity contribution in [3.63, 3.8) is 0 Å². The maximum Gasteiger partial charge on any atom is 0.224 e. The number of furan rings is 1. The van der Waals surface area contributed by atoms with Gasteiger partial charge in [0.05, 0.1) is 12.5 Å². The van der Waals surface area contributed by atoms with Gasteiger partial charge in [-0.25, -0.2) is 0 Å². The van der Waals surface area contributed by atoms with Crippen LogP contribution in [0.3, 0.4) is 0 Å². The van der Waals surface area contributed by atoms with Crippen LogP contribution in [0.25, 0.3) is 11.0 Å². The molecular formula is C15H17NO3. The molecule has 1 heterocycles. The highest BCUT2D eigenvalue weighted by Gasteiger charge is 2.54. The largest absolute Gasteiger partial charge is 0.497 e. The lowest BCUT2D eigenvalue weighted by molar-refractivity contribution is -0.123. The lowest BCUT2D eigenvalue weighted by Crippen LogP contribution is -2.29. The van der Waals surface area contributed by atoms with Gasteiger partial charge in [-0.2, -0.15) is 0 Å². The predicted molar refractivity (Wildman–Crippen MR) is 72.0 cm³/mol. The summed E-state index contributed by atoms with van der Waals surface area (Å²) >= 11 is 0. The van der Waals surface area contributed by atoms with Gasteiger partial charge in [0.15, 0.2) is 0 Å². The van der Waals surface area contributed by atoms with Crippen LogP contribution >= 0.6 is 0 Å². The first-order valence-corrected chi connectivity index (χ1v) is 6.44. The molecular weight excluding hydrogens is 242 g/mol. The molecule has 1 aromatic heterocycles. The molecule has 2 aromatic rings. The van der Waals surface area contributed by atoms with E-state index in [2.05, 4.69) is 0 Å². The summed E-state index contributed by atoms with van der Waals surface area (Å²) in [5.74, 6) is 1.41. The van der Waals surface area contributed by atoms with Gasteiger partial charge in [-0.15, -0.1) is 0 Å². The van der Waals surface area contributed by atoms with Crippen molar-refractivity contribution in [1.82, 2.24) is 0 Å². The first-order valence-electron chi connectivity index (χ1n) is 6.44. The van der Waals surface area contributed by atoms with Crippen LogP contribution in [0.2, 0.25) is 0 Å². The lowest BCUT2D eigenvalue weighted by Gasteiger charge is -2.17. The molecule has 0 unspecified atom stereocenters. The average molecular weight is 259 g/mol. The van der Waals surface area contributed by atoms with E-state index >= 15 is 0 Å². The zero-order valence-electron chi connectivity index (χ0n) is 11.1. The lowest BCUT2D eigenvalue weighted by atomic mass is 9.88. The topological polar surface area (TPSA) is 65.5 Å². The van der Waals surface area contributed by atoms with Crippen LogP contribution in [0.1, 0.15) is 31.4 Å². The van der Waals surface area contributed by atoms with E-state index in [1.807, 2.05) is 31.2 Å². The number of primary amides is 1. The Balaban J connectivity index is 1.99. The van der Waals surface area contributed by atoms with Crippen LogP contribution in [0.5, 0.6) is 5.75 Å². The van der Waals surface area contributed by atoms with Gasteiger partial charge in [0, 0.05) is 11.3 Å². The molecule has 0 spiro atoms. The molecule has 2 N–H and O–H groups in total. The zero-order chi connectivity index (χ0) is 13.6. The van der Waals surface area contributed by atoms with E-state index < -0.39 is 5.41 Å². The number of ether oxygens (including phenoxy) is 1. The molecule has 0 bridgehead atoms. The molecule has 19 heavy (non-hydrogen) atoms. The van der Waals surface area contributed by atoms with Crippen molar-refractivity contribution in [2.45, 2.75) is 25.7 Å². The fourth-order valence-electron chi connectivity index (χ4n) is 2.68. The molecule has 0 aliphatic heterocycles. The highest BCUT2D eigenvalue weighted by molar-refractivity contribution is 5.85. The van der Waals surface area contributed by atoms with Crippen molar-refractivity contribution in [1.29, 1.82) is 0 Å². The Morgan fingerprint density at radius 3 is 2.74 bits per heavy atom. The number of amides is 1. The van der Waals surface area contributed by atoms with Crippen molar-refractivity contribution < 1.29 is 13.9 Å². The number of carbonyl (C=O) groups is 1. The fraction of sp³-hybridized carbons (Fsp3) is 0.400. The molecule has 4 heteroatoms. The van der Waals surface area contributed by atoms with Crippen LogP contribution < -0.4 is 10.5 Å². The Bertz CT molecular complexity index is 640. The van der Waals surface area contributed by atoms with Gasteiger partial charge in [-0.3, -0.25) is 4.79 Å². The number of benzene rings is 1. The standard InChI is InChI=1S/C15H17NO3/c1-9(15(5-6-15)14(16)17)13-8-10-7-11(18-2)3-4-12(10)19-13/h3-4,7-9H,5-6H2,1-2H3,(H2,16,17)/t9-/m0/s1. The smallest absolute Gasteiger partial charge is 0.224 e. The third-order valence-electron chi connectivity index (χ3n) is 4.28. The highest BCUT2D eigenvalue weighted by Crippen LogP contribution is 2.56. The van der Waals surface area contributed by atoms with Crippen molar-refractivity contribution >= 4 is 16.9 Å². The summed E-state index contributed by atoms with van der Waals surface area (Å²) in [6.07, 6.45) is 1.70. The Kier molecular flexibility index (Phi) is 2.55. The fourth-order valence-corrected chi connectivity index (χ4v) is 2.68. The SMILES string of the molecule is COc1ccc2oc([C@H](C)C3(C(N)=O)CC3)cc2c1. The molecule has 1 aliphatic carbocycles. The van der Waals surface area contributed by atoms with Crippen LogP contribution in [-0.2, 0) is 4.79 Å². The van der Waals surface area contributed by atoms with Gasteiger partial charge in [-0.1, -0.05) is 6.92 Å². The van der Waals surface area contributed by atoms with E-state index in [1.54, 1.807) is 7.11 Å². The number of hydrogen-bond acceptors (Lipinski definition) is 3. The third kappa shape index (κ3) is 1.79. The van der Waals surface area contributed by atoms with Crippen LogP contribution in [0.15, 0.2) is 28.7 Å². The van der Waals surface area contributed by atoms with Crippen molar-refractivity contribution in [3.8, 4) is 5.75 Å². The first-order chi connectivity index (χ1) is 9.06. The normalized spacial score (nSPS) is 18.2. The predicted octanol–water partition coefficient (Wildman–Crippen LogP) is 2.81. The summed E-state index contributed by atoms with van der Waals surface area (Å²) in [6.45, 7) is 2.01. The molecule has 0 saturated heterocycles. The Morgan fingerprint density at radius 1 is 1.42 bits per heavy atom. The molecule has 1 atom stereocenters. The van der Waals surface area contributed by atoms with Gasteiger partial charge in [0.1, 0.15) is 17.1 Å². The second kappa shape index (κ2) is 4.02. The average Bonchev–Trinajstić information content (AvgIpc) is 3.11.